The molecule has 1 saturated heterocycles. The van der Waals surface area contributed by atoms with E-state index in [-0.39, 0.29) is 6.03 Å². The van der Waals surface area contributed by atoms with Gasteiger partial charge in [-0.1, -0.05) is 35.9 Å². The number of nitrogens with one attached hydrogen (secondary N) is 1. The second kappa shape index (κ2) is 7.94. The van der Waals surface area contributed by atoms with E-state index in [4.69, 9.17) is 16.3 Å². The first kappa shape index (κ1) is 18.4. The van der Waals surface area contributed by atoms with Crippen LogP contribution in [-0.4, -0.2) is 49.2 Å². The third-order valence-electron chi connectivity index (χ3n) is 4.86. The van der Waals surface area contributed by atoms with E-state index >= 15 is 0 Å². The minimum atomic E-state index is -0.152. The topological polar surface area (TPSA) is 57.7 Å². The van der Waals surface area contributed by atoms with Crippen LogP contribution in [0.3, 0.4) is 0 Å². The first-order valence-corrected chi connectivity index (χ1v) is 9.52. The summed E-state index contributed by atoms with van der Waals surface area (Å²) in [4.78, 5) is 21.3. The van der Waals surface area contributed by atoms with Crippen LogP contribution in [-0.2, 0) is 0 Å². The van der Waals surface area contributed by atoms with Crippen LogP contribution in [0.25, 0.3) is 10.9 Å². The minimum Gasteiger partial charge on any atom is -0.479 e. The number of rotatable bonds is 3. The Labute approximate surface area is 168 Å². The number of amides is 2. The van der Waals surface area contributed by atoms with Crippen LogP contribution in [0.4, 0.5) is 16.2 Å². The molecule has 144 valence electrons. The largest absolute Gasteiger partial charge is 0.479 e. The quantitative estimate of drug-likeness (QED) is 0.719. The monoisotopic (exact) mass is 396 g/mol. The Morgan fingerprint density at radius 2 is 1.86 bits per heavy atom. The Kier molecular flexibility index (Phi) is 5.21. The predicted molar refractivity (Wildman–Crippen MR) is 113 cm³/mol. The molecule has 0 atom stereocenters. The normalized spacial score (nSPS) is 14.2. The molecule has 3 aromatic rings. The van der Waals surface area contributed by atoms with Gasteiger partial charge in [-0.25, -0.2) is 9.78 Å². The number of anilines is 2. The van der Waals surface area contributed by atoms with Crippen LogP contribution in [0.15, 0.2) is 54.6 Å². The Balaban J connectivity index is 1.44. The molecule has 0 aliphatic carbocycles. The molecule has 6 nitrogen and oxygen atoms in total. The number of piperazine rings is 1. The lowest BCUT2D eigenvalue weighted by Crippen LogP contribution is -2.50. The number of halogens is 1. The molecule has 1 aliphatic rings. The van der Waals surface area contributed by atoms with Crippen LogP contribution in [0.2, 0.25) is 5.02 Å². The number of carbonyl (C=O) groups excluding carboxylic acids is 1. The number of methoxy groups -OCH3 is 1. The molecule has 1 fully saturated rings. The second-order valence-corrected chi connectivity index (χ2v) is 7.06. The molecule has 0 spiro atoms. The van der Waals surface area contributed by atoms with Gasteiger partial charge in [0.2, 0.25) is 5.88 Å². The first-order chi connectivity index (χ1) is 13.6. The van der Waals surface area contributed by atoms with Crippen LogP contribution < -0.4 is 15.0 Å². The van der Waals surface area contributed by atoms with Crippen molar-refractivity contribution in [2.24, 2.45) is 0 Å². The number of para-hydroxylation sites is 1. The van der Waals surface area contributed by atoms with E-state index in [2.05, 4.69) is 15.2 Å². The second-order valence-electron chi connectivity index (χ2n) is 6.62. The van der Waals surface area contributed by atoms with Crippen molar-refractivity contribution in [3.8, 4) is 5.88 Å². The van der Waals surface area contributed by atoms with E-state index in [1.165, 1.54) is 0 Å². The molecule has 0 saturated carbocycles. The molecular weight excluding hydrogens is 376 g/mol. The van der Waals surface area contributed by atoms with Crippen molar-refractivity contribution < 1.29 is 9.53 Å². The van der Waals surface area contributed by atoms with E-state index in [0.717, 1.165) is 29.7 Å². The molecule has 7 heteroatoms. The van der Waals surface area contributed by atoms with Gasteiger partial charge in [0.05, 0.1) is 12.6 Å². The number of aromatic nitrogens is 1. The molecule has 0 bridgehead atoms. The maximum absolute atomic E-state index is 12.8. The van der Waals surface area contributed by atoms with Gasteiger partial charge in [-0.15, -0.1) is 0 Å². The van der Waals surface area contributed by atoms with Crippen molar-refractivity contribution in [3.05, 3.63) is 59.6 Å². The van der Waals surface area contributed by atoms with Crippen LogP contribution in [0, 0.1) is 0 Å². The van der Waals surface area contributed by atoms with Gasteiger partial charge < -0.3 is 19.9 Å². The summed E-state index contributed by atoms with van der Waals surface area (Å²) in [7, 11) is 1.55. The number of benzene rings is 2. The summed E-state index contributed by atoms with van der Waals surface area (Å²) in [5.74, 6) is 0.407. The van der Waals surface area contributed by atoms with Gasteiger partial charge in [0.25, 0.3) is 0 Å². The molecule has 1 N–H and O–H groups in total. The SMILES string of the molecule is COc1nc2ccccc2cc1NC(=O)N1CCN(c2cccc(Cl)c2)CC1. The van der Waals surface area contributed by atoms with Crippen molar-refractivity contribution in [1.82, 2.24) is 9.88 Å². The Hall–Kier alpha value is -2.99. The fraction of sp³-hybridized carbons (Fsp3) is 0.238. The van der Waals surface area contributed by atoms with Crippen molar-refractivity contribution in [1.29, 1.82) is 0 Å². The van der Waals surface area contributed by atoms with Gasteiger partial charge in [0.15, 0.2) is 0 Å². The Morgan fingerprint density at radius 1 is 1.07 bits per heavy atom. The summed E-state index contributed by atoms with van der Waals surface area (Å²) in [6.45, 7) is 2.76. The van der Waals surface area contributed by atoms with Gasteiger partial charge in [0, 0.05) is 42.3 Å². The fourth-order valence-electron chi connectivity index (χ4n) is 3.38. The number of hydrogen-bond donors (Lipinski definition) is 1. The molecule has 2 aromatic carbocycles. The highest BCUT2D eigenvalue weighted by Crippen LogP contribution is 2.27. The highest BCUT2D eigenvalue weighted by molar-refractivity contribution is 6.30. The molecule has 1 aliphatic heterocycles. The van der Waals surface area contributed by atoms with Crippen molar-refractivity contribution in [3.63, 3.8) is 0 Å². The number of ether oxygens (including phenoxy) is 1. The molecule has 1 aromatic heterocycles. The molecule has 0 radical (unpaired) electrons. The van der Waals surface area contributed by atoms with Crippen LogP contribution in [0.5, 0.6) is 5.88 Å². The predicted octanol–water partition coefficient (Wildman–Crippen LogP) is 4.25. The molecular formula is C21H21ClN4O2. The molecule has 28 heavy (non-hydrogen) atoms. The average molecular weight is 397 g/mol. The smallest absolute Gasteiger partial charge is 0.322 e. The summed E-state index contributed by atoms with van der Waals surface area (Å²) in [6.07, 6.45) is 0. The Morgan fingerprint density at radius 3 is 2.61 bits per heavy atom. The number of fused-ring (bicyclic) bond motifs is 1. The van der Waals surface area contributed by atoms with Gasteiger partial charge in [0.1, 0.15) is 5.69 Å². The summed E-state index contributed by atoms with van der Waals surface area (Å²) >= 11 is 6.08. The van der Waals surface area contributed by atoms with E-state index in [1.54, 1.807) is 12.0 Å². The minimum absolute atomic E-state index is 0.152. The summed E-state index contributed by atoms with van der Waals surface area (Å²) < 4.78 is 5.36. The number of pyridine rings is 1. The lowest BCUT2D eigenvalue weighted by atomic mass is 10.2. The van der Waals surface area contributed by atoms with Crippen molar-refractivity contribution in [2.45, 2.75) is 0 Å². The van der Waals surface area contributed by atoms with Gasteiger partial charge in [-0.2, -0.15) is 0 Å². The molecule has 4 rings (SSSR count). The van der Waals surface area contributed by atoms with Gasteiger partial charge in [-0.3, -0.25) is 0 Å². The van der Waals surface area contributed by atoms with E-state index in [1.807, 2.05) is 54.6 Å². The summed E-state index contributed by atoms with van der Waals surface area (Å²) in [6, 6.07) is 17.3. The number of carbonyl (C=O) groups is 1. The van der Waals surface area contributed by atoms with Gasteiger partial charge >= 0.3 is 6.03 Å². The van der Waals surface area contributed by atoms with Crippen molar-refractivity contribution >= 4 is 39.9 Å². The molecule has 0 unspecified atom stereocenters. The van der Waals surface area contributed by atoms with E-state index in [9.17, 15) is 4.79 Å². The standard InChI is InChI=1S/C21H21ClN4O2/c1-28-20-19(13-15-5-2-3-8-18(15)23-20)24-21(27)26-11-9-25(10-12-26)17-7-4-6-16(22)14-17/h2-8,13-14H,9-12H2,1H3,(H,24,27). The third-order valence-corrected chi connectivity index (χ3v) is 5.10. The molecule has 2 amide bonds. The maximum Gasteiger partial charge on any atom is 0.322 e. The number of urea groups is 1. The first-order valence-electron chi connectivity index (χ1n) is 9.14. The molecule has 2 heterocycles. The Bertz CT molecular complexity index is 1000. The number of hydrogen-bond acceptors (Lipinski definition) is 4. The highest BCUT2D eigenvalue weighted by atomic mass is 35.5. The van der Waals surface area contributed by atoms with E-state index in [0.29, 0.717) is 29.7 Å². The lowest BCUT2D eigenvalue weighted by molar-refractivity contribution is 0.208. The lowest BCUT2D eigenvalue weighted by Gasteiger charge is -2.36. The fourth-order valence-corrected chi connectivity index (χ4v) is 3.56. The van der Waals surface area contributed by atoms with Crippen LogP contribution in [0.1, 0.15) is 0 Å². The highest BCUT2D eigenvalue weighted by Gasteiger charge is 2.22. The summed E-state index contributed by atoms with van der Waals surface area (Å²) in [5.41, 5.74) is 2.48. The third kappa shape index (κ3) is 3.82. The number of nitrogens with zero attached hydrogens (tertiary/aromatic N) is 3. The van der Waals surface area contributed by atoms with Crippen molar-refractivity contribution in [2.75, 3.05) is 43.5 Å². The zero-order valence-electron chi connectivity index (χ0n) is 15.6. The van der Waals surface area contributed by atoms with E-state index < -0.39 is 0 Å². The average Bonchev–Trinajstić information content (AvgIpc) is 2.73. The van der Waals surface area contributed by atoms with Gasteiger partial charge in [-0.05, 0) is 30.3 Å². The zero-order valence-corrected chi connectivity index (χ0v) is 16.3. The zero-order chi connectivity index (χ0) is 19.5. The van der Waals surface area contributed by atoms with Crippen LogP contribution >= 0.6 is 11.6 Å². The summed E-state index contributed by atoms with van der Waals surface area (Å²) in [5, 5.41) is 4.61. The maximum atomic E-state index is 12.8.